The molecule has 0 unspecified atom stereocenters. The van der Waals surface area contributed by atoms with Gasteiger partial charge in [-0.15, -0.1) is 11.3 Å². The summed E-state index contributed by atoms with van der Waals surface area (Å²) in [6, 6.07) is 0. The molecule has 0 saturated heterocycles. The fourth-order valence-corrected chi connectivity index (χ4v) is 3.47. The average Bonchev–Trinajstić information content (AvgIpc) is 2.56. The molecule has 0 aliphatic carbocycles. The molecule has 0 amide bonds. The molecule has 0 atom stereocenters. The number of hydrogen-bond acceptors (Lipinski definition) is 3. The van der Waals surface area contributed by atoms with Crippen LogP contribution in [-0.2, 0) is 11.8 Å². The van der Waals surface area contributed by atoms with Gasteiger partial charge in [-0.25, -0.2) is 0 Å². The normalized spacial score (nSPS) is 15.4. The van der Waals surface area contributed by atoms with Gasteiger partial charge < -0.3 is 9.47 Å². The summed E-state index contributed by atoms with van der Waals surface area (Å²) >= 11 is 1.86. The van der Waals surface area contributed by atoms with Crippen molar-refractivity contribution in [2.75, 3.05) is 13.2 Å². The van der Waals surface area contributed by atoms with Crippen molar-refractivity contribution in [3.8, 4) is 11.5 Å². The second-order valence-electron chi connectivity index (χ2n) is 6.06. The van der Waals surface area contributed by atoms with Crippen molar-refractivity contribution in [2.45, 2.75) is 46.5 Å². The summed E-state index contributed by atoms with van der Waals surface area (Å²) in [6.07, 6.45) is 1.08. The number of rotatable bonds is 2. The van der Waals surface area contributed by atoms with Gasteiger partial charge in [0, 0.05) is 5.41 Å². The van der Waals surface area contributed by atoms with Crippen LogP contribution in [-0.4, -0.2) is 13.2 Å². The van der Waals surface area contributed by atoms with Crippen molar-refractivity contribution < 1.29 is 9.47 Å². The van der Waals surface area contributed by atoms with E-state index in [1.165, 1.54) is 9.75 Å². The Labute approximate surface area is 108 Å². The molecule has 1 aliphatic rings. The molecule has 2 rings (SSSR count). The van der Waals surface area contributed by atoms with Crippen LogP contribution >= 0.6 is 11.3 Å². The van der Waals surface area contributed by atoms with E-state index in [-0.39, 0.29) is 5.41 Å². The van der Waals surface area contributed by atoms with Crippen LogP contribution in [0.15, 0.2) is 0 Å². The van der Waals surface area contributed by atoms with E-state index in [2.05, 4.69) is 34.6 Å². The minimum absolute atomic E-state index is 0.130. The fraction of sp³-hybridized carbons (Fsp3) is 0.714. The Hall–Kier alpha value is -0.700. The zero-order valence-electron chi connectivity index (χ0n) is 11.4. The minimum atomic E-state index is 0.130. The Morgan fingerprint density at radius 1 is 1.12 bits per heavy atom. The van der Waals surface area contributed by atoms with E-state index in [4.69, 9.17) is 9.47 Å². The quantitative estimate of drug-likeness (QED) is 0.793. The van der Waals surface area contributed by atoms with Crippen LogP contribution in [0.1, 0.15) is 44.4 Å². The first-order chi connectivity index (χ1) is 7.89. The maximum atomic E-state index is 5.83. The Morgan fingerprint density at radius 2 is 1.71 bits per heavy atom. The van der Waals surface area contributed by atoms with E-state index >= 15 is 0 Å². The van der Waals surface area contributed by atoms with Crippen LogP contribution in [0.3, 0.4) is 0 Å². The molecular weight excluding hydrogens is 232 g/mol. The van der Waals surface area contributed by atoms with Gasteiger partial charge in [0.1, 0.15) is 13.2 Å². The van der Waals surface area contributed by atoms with Gasteiger partial charge in [0.25, 0.3) is 0 Å². The largest absolute Gasteiger partial charge is 0.485 e. The molecule has 17 heavy (non-hydrogen) atoms. The molecule has 0 radical (unpaired) electrons. The molecule has 0 saturated carbocycles. The highest BCUT2D eigenvalue weighted by atomic mass is 32.1. The van der Waals surface area contributed by atoms with Gasteiger partial charge in [-0.1, -0.05) is 34.6 Å². The minimum Gasteiger partial charge on any atom is -0.485 e. The monoisotopic (exact) mass is 254 g/mol. The third-order valence-electron chi connectivity index (χ3n) is 2.74. The fourth-order valence-electron chi connectivity index (χ4n) is 2.01. The van der Waals surface area contributed by atoms with Crippen LogP contribution in [0.2, 0.25) is 0 Å². The van der Waals surface area contributed by atoms with Gasteiger partial charge in [-0.05, 0) is 12.3 Å². The lowest BCUT2D eigenvalue weighted by Crippen LogP contribution is -2.18. The molecule has 2 heterocycles. The number of ether oxygens (including phenoxy) is 2. The summed E-state index contributed by atoms with van der Waals surface area (Å²) in [4.78, 5) is 2.67. The topological polar surface area (TPSA) is 18.5 Å². The molecule has 1 aliphatic heterocycles. The molecule has 2 nitrogen and oxygen atoms in total. The SMILES string of the molecule is CC(C)Cc1sc(C(C)(C)C)c2c1OCCO2. The molecule has 0 fully saturated rings. The molecule has 3 heteroatoms. The second kappa shape index (κ2) is 4.52. The lowest BCUT2D eigenvalue weighted by molar-refractivity contribution is 0.169. The second-order valence-corrected chi connectivity index (χ2v) is 7.16. The Balaban J connectivity index is 2.44. The van der Waals surface area contributed by atoms with Crippen LogP contribution < -0.4 is 9.47 Å². The molecule has 0 bridgehead atoms. The average molecular weight is 254 g/mol. The van der Waals surface area contributed by atoms with Gasteiger partial charge >= 0.3 is 0 Å². The highest BCUT2D eigenvalue weighted by Gasteiger charge is 2.30. The summed E-state index contributed by atoms with van der Waals surface area (Å²) < 4.78 is 11.6. The summed E-state index contributed by atoms with van der Waals surface area (Å²) in [5.74, 6) is 2.67. The highest BCUT2D eigenvalue weighted by Crippen LogP contribution is 2.49. The van der Waals surface area contributed by atoms with Crippen molar-refractivity contribution in [1.29, 1.82) is 0 Å². The zero-order valence-corrected chi connectivity index (χ0v) is 12.2. The van der Waals surface area contributed by atoms with Gasteiger partial charge in [-0.3, -0.25) is 0 Å². The summed E-state index contributed by atoms with van der Waals surface area (Å²) in [6.45, 7) is 12.5. The first kappa shape index (κ1) is 12.7. The van der Waals surface area contributed by atoms with Crippen LogP contribution in [0.25, 0.3) is 0 Å². The van der Waals surface area contributed by atoms with Crippen molar-refractivity contribution in [3.63, 3.8) is 0 Å². The summed E-state index contributed by atoms with van der Waals surface area (Å²) in [7, 11) is 0. The van der Waals surface area contributed by atoms with Crippen molar-refractivity contribution in [1.82, 2.24) is 0 Å². The van der Waals surface area contributed by atoms with Gasteiger partial charge in [0.15, 0.2) is 11.5 Å². The van der Waals surface area contributed by atoms with Crippen LogP contribution in [0.5, 0.6) is 11.5 Å². The lowest BCUT2D eigenvalue weighted by Gasteiger charge is -2.22. The first-order valence-corrected chi connectivity index (χ1v) is 7.13. The summed E-state index contributed by atoms with van der Waals surface area (Å²) in [5.41, 5.74) is 0.130. The lowest BCUT2D eigenvalue weighted by atomic mass is 9.94. The third kappa shape index (κ3) is 2.59. The predicted octanol–water partition coefficient (Wildman–Crippen LogP) is 4.02. The zero-order chi connectivity index (χ0) is 12.6. The Bertz CT molecular complexity index is 399. The Morgan fingerprint density at radius 3 is 2.24 bits per heavy atom. The van der Waals surface area contributed by atoms with Crippen LogP contribution in [0, 0.1) is 5.92 Å². The number of thiophene rings is 1. The van der Waals surface area contributed by atoms with Crippen molar-refractivity contribution in [2.24, 2.45) is 5.92 Å². The molecular formula is C14H22O2S. The van der Waals surface area contributed by atoms with E-state index in [1.807, 2.05) is 11.3 Å². The standard InChI is InChI=1S/C14H22O2S/c1-9(2)8-10-11-12(16-7-6-15-11)13(17-10)14(3,4)5/h9H,6-8H2,1-5H3. The molecule has 1 aromatic rings. The maximum Gasteiger partial charge on any atom is 0.176 e. The van der Waals surface area contributed by atoms with E-state index in [1.54, 1.807) is 0 Å². The molecule has 96 valence electrons. The predicted molar refractivity (Wildman–Crippen MR) is 72.6 cm³/mol. The smallest absolute Gasteiger partial charge is 0.176 e. The van der Waals surface area contributed by atoms with Crippen LogP contribution in [0.4, 0.5) is 0 Å². The van der Waals surface area contributed by atoms with Gasteiger partial charge in [-0.2, -0.15) is 0 Å². The first-order valence-electron chi connectivity index (χ1n) is 6.31. The van der Waals surface area contributed by atoms with E-state index in [9.17, 15) is 0 Å². The molecule has 0 aromatic carbocycles. The van der Waals surface area contributed by atoms with Crippen molar-refractivity contribution in [3.05, 3.63) is 9.75 Å². The van der Waals surface area contributed by atoms with Gasteiger partial charge in [0.05, 0.1) is 9.75 Å². The highest BCUT2D eigenvalue weighted by molar-refractivity contribution is 7.13. The summed E-state index contributed by atoms with van der Waals surface area (Å²) in [5, 5.41) is 0. The molecule has 0 spiro atoms. The number of hydrogen-bond donors (Lipinski definition) is 0. The third-order valence-corrected chi connectivity index (χ3v) is 4.34. The maximum absolute atomic E-state index is 5.83. The van der Waals surface area contributed by atoms with E-state index in [0.29, 0.717) is 19.1 Å². The van der Waals surface area contributed by atoms with E-state index < -0.39 is 0 Å². The van der Waals surface area contributed by atoms with Crippen molar-refractivity contribution >= 4 is 11.3 Å². The Kier molecular flexibility index (Phi) is 3.39. The molecule has 1 aromatic heterocycles. The molecule has 0 N–H and O–H groups in total. The van der Waals surface area contributed by atoms with Gasteiger partial charge in [0.2, 0.25) is 0 Å². The number of fused-ring (bicyclic) bond motifs is 1. The van der Waals surface area contributed by atoms with E-state index in [0.717, 1.165) is 17.9 Å².